The first-order valence-electron chi connectivity index (χ1n) is 5.74. The standard InChI is InChI=1S/C13H12FN3O/c1-7-2-8(4-9(14)3-7)12-16-11-6-15-5-10(11)13(18)17-12/h2-4,15H,5-6H2,1H3,(H,16,17,18). The zero-order valence-corrected chi connectivity index (χ0v) is 9.88. The van der Waals surface area contributed by atoms with E-state index < -0.39 is 0 Å². The van der Waals surface area contributed by atoms with Gasteiger partial charge in [0.25, 0.3) is 5.56 Å². The lowest BCUT2D eigenvalue weighted by Crippen LogP contribution is -2.15. The largest absolute Gasteiger partial charge is 0.307 e. The molecule has 0 saturated carbocycles. The lowest BCUT2D eigenvalue weighted by atomic mass is 10.1. The highest BCUT2D eigenvalue weighted by Crippen LogP contribution is 2.19. The van der Waals surface area contributed by atoms with Crippen LogP contribution in [0, 0.1) is 12.7 Å². The van der Waals surface area contributed by atoms with Gasteiger partial charge in [-0.1, -0.05) is 0 Å². The van der Waals surface area contributed by atoms with E-state index in [0.717, 1.165) is 11.3 Å². The maximum absolute atomic E-state index is 13.4. The molecule has 0 unspecified atom stereocenters. The van der Waals surface area contributed by atoms with Gasteiger partial charge in [0, 0.05) is 18.7 Å². The molecule has 2 heterocycles. The number of hydrogen-bond donors (Lipinski definition) is 2. The molecular formula is C13H12FN3O. The molecule has 0 atom stereocenters. The number of aromatic amines is 1. The van der Waals surface area contributed by atoms with Crippen molar-refractivity contribution in [1.29, 1.82) is 0 Å². The minimum absolute atomic E-state index is 0.151. The third-order valence-corrected chi connectivity index (χ3v) is 3.01. The number of rotatable bonds is 1. The number of nitrogens with zero attached hydrogens (tertiary/aromatic N) is 1. The second-order valence-corrected chi connectivity index (χ2v) is 4.46. The van der Waals surface area contributed by atoms with Gasteiger partial charge < -0.3 is 10.3 Å². The van der Waals surface area contributed by atoms with Crippen molar-refractivity contribution in [3.8, 4) is 11.4 Å². The van der Waals surface area contributed by atoms with E-state index in [2.05, 4.69) is 15.3 Å². The monoisotopic (exact) mass is 245 g/mol. The smallest absolute Gasteiger partial charge is 0.255 e. The van der Waals surface area contributed by atoms with Gasteiger partial charge in [-0.3, -0.25) is 4.79 Å². The molecule has 1 aliphatic rings. The fourth-order valence-electron chi connectivity index (χ4n) is 2.19. The molecule has 1 aliphatic heterocycles. The summed E-state index contributed by atoms with van der Waals surface area (Å²) in [5.74, 6) is 0.0938. The zero-order chi connectivity index (χ0) is 12.7. The van der Waals surface area contributed by atoms with E-state index in [9.17, 15) is 9.18 Å². The van der Waals surface area contributed by atoms with E-state index in [1.807, 2.05) is 0 Å². The van der Waals surface area contributed by atoms with Crippen molar-refractivity contribution in [2.45, 2.75) is 20.0 Å². The van der Waals surface area contributed by atoms with Gasteiger partial charge in [0.1, 0.15) is 11.6 Å². The van der Waals surface area contributed by atoms with Gasteiger partial charge in [0.05, 0.1) is 11.3 Å². The minimum atomic E-state index is -0.328. The molecule has 4 nitrogen and oxygen atoms in total. The predicted molar refractivity (Wildman–Crippen MR) is 65.5 cm³/mol. The Morgan fingerprint density at radius 3 is 2.89 bits per heavy atom. The van der Waals surface area contributed by atoms with Gasteiger partial charge in [-0.05, 0) is 30.7 Å². The molecular weight excluding hydrogens is 233 g/mol. The van der Waals surface area contributed by atoms with Gasteiger partial charge in [0.2, 0.25) is 0 Å². The van der Waals surface area contributed by atoms with Crippen LogP contribution >= 0.6 is 0 Å². The van der Waals surface area contributed by atoms with E-state index in [0.29, 0.717) is 30.0 Å². The quantitative estimate of drug-likeness (QED) is 0.800. The SMILES string of the molecule is Cc1cc(F)cc(-c2nc3c(c(=O)[nH]2)CNC3)c1. The molecule has 5 heteroatoms. The Balaban J connectivity index is 2.18. The first-order valence-corrected chi connectivity index (χ1v) is 5.74. The maximum Gasteiger partial charge on any atom is 0.255 e. The number of fused-ring (bicyclic) bond motifs is 1. The summed E-state index contributed by atoms with van der Waals surface area (Å²) in [6, 6.07) is 4.62. The average Bonchev–Trinajstić information content (AvgIpc) is 2.76. The van der Waals surface area contributed by atoms with Gasteiger partial charge in [-0.2, -0.15) is 0 Å². The lowest BCUT2D eigenvalue weighted by molar-refractivity contribution is 0.627. The number of H-pyrrole nitrogens is 1. The highest BCUT2D eigenvalue weighted by atomic mass is 19.1. The zero-order valence-electron chi connectivity index (χ0n) is 9.88. The molecule has 92 valence electrons. The van der Waals surface area contributed by atoms with Crippen LogP contribution in [0.3, 0.4) is 0 Å². The van der Waals surface area contributed by atoms with Crippen LogP contribution in [0.4, 0.5) is 4.39 Å². The van der Waals surface area contributed by atoms with Crippen LogP contribution in [-0.2, 0) is 13.1 Å². The predicted octanol–water partition coefficient (Wildman–Crippen LogP) is 1.49. The van der Waals surface area contributed by atoms with Crippen LogP contribution in [-0.4, -0.2) is 9.97 Å². The second-order valence-electron chi connectivity index (χ2n) is 4.46. The Labute approximate surface area is 103 Å². The summed E-state index contributed by atoms with van der Waals surface area (Å²) in [6.07, 6.45) is 0. The highest BCUT2D eigenvalue weighted by molar-refractivity contribution is 5.56. The number of aromatic nitrogens is 2. The Kier molecular flexibility index (Phi) is 2.48. The van der Waals surface area contributed by atoms with Gasteiger partial charge in [-0.25, -0.2) is 9.37 Å². The molecule has 1 aromatic heterocycles. The van der Waals surface area contributed by atoms with E-state index in [1.54, 1.807) is 13.0 Å². The van der Waals surface area contributed by atoms with E-state index >= 15 is 0 Å². The molecule has 3 rings (SSSR count). The van der Waals surface area contributed by atoms with Crippen molar-refractivity contribution in [3.63, 3.8) is 0 Å². The summed E-state index contributed by atoms with van der Waals surface area (Å²) < 4.78 is 13.4. The van der Waals surface area contributed by atoms with Crippen LogP contribution in [0.5, 0.6) is 0 Å². The van der Waals surface area contributed by atoms with Gasteiger partial charge >= 0.3 is 0 Å². The molecule has 0 radical (unpaired) electrons. The van der Waals surface area contributed by atoms with Crippen LogP contribution < -0.4 is 10.9 Å². The molecule has 0 amide bonds. The third kappa shape index (κ3) is 1.82. The molecule has 0 aliphatic carbocycles. The van der Waals surface area contributed by atoms with Gasteiger partial charge in [0.15, 0.2) is 0 Å². The van der Waals surface area contributed by atoms with Crippen LogP contribution in [0.1, 0.15) is 16.8 Å². The fraction of sp³-hybridized carbons (Fsp3) is 0.231. The van der Waals surface area contributed by atoms with Gasteiger partial charge in [-0.15, -0.1) is 0 Å². The van der Waals surface area contributed by atoms with Crippen LogP contribution in [0.25, 0.3) is 11.4 Å². The summed E-state index contributed by atoms with van der Waals surface area (Å²) >= 11 is 0. The average molecular weight is 245 g/mol. The van der Waals surface area contributed by atoms with Crippen molar-refractivity contribution in [2.75, 3.05) is 0 Å². The lowest BCUT2D eigenvalue weighted by Gasteiger charge is -2.05. The van der Waals surface area contributed by atoms with E-state index in [-0.39, 0.29) is 11.4 Å². The van der Waals surface area contributed by atoms with Crippen molar-refractivity contribution < 1.29 is 4.39 Å². The van der Waals surface area contributed by atoms with E-state index in [4.69, 9.17) is 0 Å². The summed E-state index contributed by atoms with van der Waals surface area (Å²) in [6.45, 7) is 2.93. The fourth-order valence-corrected chi connectivity index (χ4v) is 2.19. The van der Waals surface area contributed by atoms with E-state index in [1.165, 1.54) is 12.1 Å². The molecule has 2 N–H and O–H groups in total. The Bertz CT molecular complexity index is 658. The Morgan fingerprint density at radius 1 is 1.28 bits per heavy atom. The molecule has 1 aromatic carbocycles. The Hall–Kier alpha value is -2.01. The summed E-state index contributed by atoms with van der Waals surface area (Å²) in [7, 11) is 0. The number of nitrogens with one attached hydrogen (secondary N) is 2. The number of hydrogen-bond acceptors (Lipinski definition) is 3. The molecule has 0 fully saturated rings. The van der Waals surface area contributed by atoms with Crippen LogP contribution in [0.2, 0.25) is 0 Å². The molecule has 0 bridgehead atoms. The molecule has 0 saturated heterocycles. The first-order chi connectivity index (χ1) is 8.63. The summed E-state index contributed by atoms with van der Waals surface area (Å²) in [5.41, 5.74) is 2.66. The molecule has 18 heavy (non-hydrogen) atoms. The first kappa shape index (κ1) is 11.1. The number of benzene rings is 1. The minimum Gasteiger partial charge on any atom is -0.307 e. The Morgan fingerprint density at radius 2 is 2.11 bits per heavy atom. The number of aryl methyl sites for hydroxylation is 1. The third-order valence-electron chi connectivity index (χ3n) is 3.01. The van der Waals surface area contributed by atoms with Crippen molar-refractivity contribution in [3.05, 3.63) is 51.2 Å². The van der Waals surface area contributed by atoms with Crippen molar-refractivity contribution in [1.82, 2.24) is 15.3 Å². The topological polar surface area (TPSA) is 57.8 Å². The number of halogens is 1. The maximum atomic E-state index is 13.4. The van der Waals surface area contributed by atoms with Crippen LogP contribution in [0.15, 0.2) is 23.0 Å². The summed E-state index contributed by atoms with van der Waals surface area (Å²) in [4.78, 5) is 18.9. The molecule has 2 aromatic rings. The highest BCUT2D eigenvalue weighted by Gasteiger charge is 2.17. The molecule has 0 spiro atoms. The van der Waals surface area contributed by atoms with Crippen molar-refractivity contribution in [2.24, 2.45) is 0 Å². The normalized spacial score (nSPS) is 13.7. The summed E-state index contributed by atoms with van der Waals surface area (Å²) in [5, 5.41) is 3.07. The van der Waals surface area contributed by atoms with Crippen molar-refractivity contribution >= 4 is 0 Å². The second kappa shape index (κ2) is 4.03.